The van der Waals surface area contributed by atoms with Crippen molar-refractivity contribution >= 4 is 52.2 Å². The van der Waals surface area contributed by atoms with E-state index in [1.165, 1.54) is 37.5 Å². The molecule has 2 amide bonds. The molecule has 34 heavy (non-hydrogen) atoms. The predicted octanol–water partition coefficient (Wildman–Crippen LogP) is 4.44. The lowest BCUT2D eigenvalue weighted by Crippen LogP contribution is -2.27. The first-order chi connectivity index (χ1) is 16.2. The maximum absolute atomic E-state index is 12.9. The second-order valence-electron chi connectivity index (χ2n) is 6.78. The van der Waals surface area contributed by atoms with Crippen LogP contribution in [0.25, 0.3) is 6.08 Å². The number of halogens is 1. The molecule has 0 N–H and O–H groups in total. The Morgan fingerprint density at radius 3 is 2.65 bits per heavy atom. The summed E-state index contributed by atoms with van der Waals surface area (Å²) in [5.74, 6) is -0.817. The van der Waals surface area contributed by atoms with Gasteiger partial charge in [-0.3, -0.25) is 24.6 Å². The SMILES string of the molecule is CCOc1cc(/C=C2\SC(=O)N(Cc3ccccc3[N+](=O)[O-])C2=O)cc(Cl)c1OCC(=O)OC. The zero-order valence-electron chi connectivity index (χ0n) is 18.1. The van der Waals surface area contributed by atoms with Crippen LogP contribution >= 0.6 is 23.4 Å². The van der Waals surface area contributed by atoms with Gasteiger partial charge in [0.05, 0.1) is 35.1 Å². The Bertz CT molecular complexity index is 1180. The molecule has 12 heteroatoms. The number of carbonyl (C=O) groups excluding carboxylic acids is 3. The molecule has 3 rings (SSSR count). The molecule has 1 aliphatic rings. The van der Waals surface area contributed by atoms with Gasteiger partial charge in [-0.05, 0) is 42.5 Å². The fourth-order valence-corrected chi connectivity index (χ4v) is 4.16. The van der Waals surface area contributed by atoms with Crippen molar-refractivity contribution in [2.24, 2.45) is 0 Å². The second-order valence-corrected chi connectivity index (χ2v) is 8.18. The number of thioether (sulfide) groups is 1. The Morgan fingerprint density at radius 1 is 1.24 bits per heavy atom. The van der Waals surface area contributed by atoms with Crippen LogP contribution in [0.15, 0.2) is 41.3 Å². The molecule has 2 aromatic carbocycles. The van der Waals surface area contributed by atoms with Gasteiger partial charge >= 0.3 is 5.97 Å². The highest BCUT2D eigenvalue weighted by Crippen LogP contribution is 2.39. The van der Waals surface area contributed by atoms with Crippen LogP contribution in [0.1, 0.15) is 18.1 Å². The van der Waals surface area contributed by atoms with Crippen LogP contribution in [0.3, 0.4) is 0 Å². The molecule has 1 aliphatic heterocycles. The van der Waals surface area contributed by atoms with Gasteiger partial charge in [-0.2, -0.15) is 0 Å². The third-order valence-corrected chi connectivity index (χ3v) is 5.77. The normalized spacial score (nSPS) is 14.4. The summed E-state index contributed by atoms with van der Waals surface area (Å²) in [6, 6.07) is 8.95. The zero-order valence-corrected chi connectivity index (χ0v) is 19.7. The van der Waals surface area contributed by atoms with E-state index in [-0.39, 0.29) is 52.4 Å². The standard InChI is InChI=1S/C22H19ClN2O8S/c1-3-32-17-9-13(8-15(23)20(17)33-12-19(26)31-2)10-18-21(27)24(22(28)34-18)11-14-6-4-5-7-16(14)25(29)30/h4-10H,3,11-12H2,1-2H3/b18-10-. The van der Waals surface area contributed by atoms with E-state index in [0.29, 0.717) is 17.3 Å². The Hall–Kier alpha value is -3.57. The van der Waals surface area contributed by atoms with Crippen LogP contribution in [0, 0.1) is 10.1 Å². The number of para-hydroxylation sites is 1. The van der Waals surface area contributed by atoms with Crippen LogP contribution in [-0.2, 0) is 20.9 Å². The molecule has 1 saturated heterocycles. The van der Waals surface area contributed by atoms with Gasteiger partial charge in [-0.1, -0.05) is 29.8 Å². The molecular formula is C22H19ClN2O8S. The highest BCUT2D eigenvalue weighted by atomic mass is 35.5. The van der Waals surface area contributed by atoms with E-state index < -0.39 is 22.0 Å². The third-order valence-electron chi connectivity index (χ3n) is 4.58. The fourth-order valence-electron chi connectivity index (χ4n) is 3.04. The summed E-state index contributed by atoms with van der Waals surface area (Å²) in [6.07, 6.45) is 1.46. The lowest BCUT2D eigenvalue weighted by atomic mass is 10.1. The van der Waals surface area contributed by atoms with Crippen LogP contribution in [0.4, 0.5) is 10.5 Å². The molecule has 2 aromatic rings. The molecule has 10 nitrogen and oxygen atoms in total. The van der Waals surface area contributed by atoms with Gasteiger partial charge < -0.3 is 14.2 Å². The van der Waals surface area contributed by atoms with E-state index in [1.807, 2.05) is 0 Å². The van der Waals surface area contributed by atoms with Crippen molar-refractivity contribution in [1.29, 1.82) is 0 Å². The Balaban J connectivity index is 1.87. The number of rotatable bonds is 9. The van der Waals surface area contributed by atoms with Crippen molar-refractivity contribution in [3.8, 4) is 11.5 Å². The molecule has 1 fully saturated rings. The molecule has 0 aromatic heterocycles. The zero-order chi connectivity index (χ0) is 24.8. The van der Waals surface area contributed by atoms with E-state index >= 15 is 0 Å². The van der Waals surface area contributed by atoms with Crippen molar-refractivity contribution in [2.75, 3.05) is 20.3 Å². The number of nitro benzene ring substituents is 1. The van der Waals surface area contributed by atoms with E-state index in [1.54, 1.807) is 19.1 Å². The summed E-state index contributed by atoms with van der Waals surface area (Å²) in [6.45, 7) is 1.42. The predicted molar refractivity (Wildman–Crippen MR) is 125 cm³/mol. The number of hydrogen-bond donors (Lipinski definition) is 0. The van der Waals surface area contributed by atoms with Crippen LogP contribution < -0.4 is 9.47 Å². The van der Waals surface area contributed by atoms with Gasteiger partial charge in [-0.25, -0.2) is 4.79 Å². The summed E-state index contributed by atoms with van der Waals surface area (Å²) in [5, 5.41) is 10.8. The van der Waals surface area contributed by atoms with E-state index in [9.17, 15) is 24.5 Å². The summed E-state index contributed by atoms with van der Waals surface area (Å²) in [4.78, 5) is 48.5. The summed E-state index contributed by atoms with van der Waals surface area (Å²) in [7, 11) is 1.23. The molecule has 0 bridgehead atoms. The van der Waals surface area contributed by atoms with Crippen molar-refractivity contribution in [3.63, 3.8) is 0 Å². The largest absolute Gasteiger partial charge is 0.490 e. The van der Waals surface area contributed by atoms with E-state index in [4.69, 9.17) is 21.1 Å². The monoisotopic (exact) mass is 506 g/mol. The number of hydrogen-bond acceptors (Lipinski definition) is 9. The van der Waals surface area contributed by atoms with Gasteiger partial charge in [0.2, 0.25) is 0 Å². The molecule has 0 radical (unpaired) electrons. The number of carbonyl (C=O) groups is 3. The lowest BCUT2D eigenvalue weighted by molar-refractivity contribution is -0.385. The number of imide groups is 1. The number of methoxy groups -OCH3 is 1. The molecule has 0 spiro atoms. The number of esters is 1. The van der Waals surface area contributed by atoms with E-state index in [2.05, 4.69) is 4.74 Å². The Kier molecular flexibility index (Phi) is 8.13. The molecule has 0 atom stereocenters. The van der Waals surface area contributed by atoms with Crippen molar-refractivity contribution in [2.45, 2.75) is 13.5 Å². The summed E-state index contributed by atoms with van der Waals surface area (Å²) in [5.41, 5.74) is 0.515. The smallest absolute Gasteiger partial charge is 0.343 e. The van der Waals surface area contributed by atoms with Gasteiger partial charge in [0.15, 0.2) is 18.1 Å². The second kappa shape index (κ2) is 11.0. The number of nitro groups is 1. The van der Waals surface area contributed by atoms with Gasteiger partial charge in [0.1, 0.15) is 0 Å². The minimum Gasteiger partial charge on any atom is -0.490 e. The van der Waals surface area contributed by atoms with Gasteiger partial charge in [0.25, 0.3) is 16.8 Å². The third kappa shape index (κ3) is 5.67. The molecule has 0 saturated carbocycles. The van der Waals surface area contributed by atoms with Crippen molar-refractivity contribution in [1.82, 2.24) is 4.90 Å². The quantitative estimate of drug-likeness (QED) is 0.210. The van der Waals surface area contributed by atoms with Crippen LogP contribution in [0.2, 0.25) is 5.02 Å². The van der Waals surface area contributed by atoms with Crippen molar-refractivity contribution in [3.05, 3.63) is 67.6 Å². The number of ether oxygens (including phenoxy) is 3. The van der Waals surface area contributed by atoms with Crippen LogP contribution in [-0.4, -0.2) is 47.3 Å². The topological polar surface area (TPSA) is 125 Å². The molecule has 178 valence electrons. The summed E-state index contributed by atoms with van der Waals surface area (Å²) < 4.78 is 15.5. The maximum atomic E-state index is 12.9. The van der Waals surface area contributed by atoms with Crippen molar-refractivity contribution < 1.29 is 33.5 Å². The maximum Gasteiger partial charge on any atom is 0.343 e. The first-order valence-corrected chi connectivity index (χ1v) is 11.1. The molecule has 0 unspecified atom stereocenters. The number of amides is 2. The van der Waals surface area contributed by atoms with E-state index in [0.717, 1.165) is 4.90 Å². The fraction of sp³-hybridized carbons (Fsp3) is 0.227. The average Bonchev–Trinajstić information content (AvgIpc) is 3.06. The average molecular weight is 507 g/mol. The molecular weight excluding hydrogens is 488 g/mol. The number of benzene rings is 2. The number of nitrogens with zero attached hydrogens (tertiary/aromatic N) is 2. The molecule has 0 aliphatic carbocycles. The highest BCUT2D eigenvalue weighted by Gasteiger charge is 2.36. The highest BCUT2D eigenvalue weighted by molar-refractivity contribution is 8.18. The Labute approximate surface area is 203 Å². The first kappa shape index (κ1) is 25.1. The van der Waals surface area contributed by atoms with Gasteiger partial charge in [0, 0.05) is 11.6 Å². The summed E-state index contributed by atoms with van der Waals surface area (Å²) >= 11 is 7.02. The lowest BCUT2D eigenvalue weighted by Gasteiger charge is -2.14. The molecule has 1 heterocycles. The minimum absolute atomic E-state index is 0.116. The van der Waals surface area contributed by atoms with Crippen LogP contribution in [0.5, 0.6) is 11.5 Å². The minimum atomic E-state index is -0.602. The van der Waals surface area contributed by atoms with Gasteiger partial charge in [-0.15, -0.1) is 0 Å². The Morgan fingerprint density at radius 2 is 1.97 bits per heavy atom. The first-order valence-electron chi connectivity index (χ1n) is 9.88.